The third kappa shape index (κ3) is 3.27. The average molecular weight is 340 g/mol. The topological polar surface area (TPSA) is 83.5 Å². The number of aromatic carboxylic acids is 1. The Hall–Kier alpha value is -1.99. The molecular weight excluding hydrogens is 316 g/mol. The molecule has 0 aliphatic carbocycles. The van der Waals surface area contributed by atoms with Crippen molar-refractivity contribution in [1.29, 1.82) is 0 Å². The monoisotopic (exact) mass is 340 g/mol. The first-order valence-corrected chi connectivity index (χ1v) is 7.63. The zero-order chi connectivity index (χ0) is 18.1. The Morgan fingerprint density at radius 3 is 2.29 bits per heavy atom. The molecule has 0 aromatic heterocycles. The Labute approximate surface area is 141 Å². The summed E-state index contributed by atoms with van der Waals surface area (Å²) in [5, 5.41) is 9.64. The van der Waals surface area contributed by atoms with Gasteiger partial charge in [0, 0.05) is 11.5 Å². The fourth-order valence-corrected chi connectivity index (χ4v) is 2.96. The van der Waals surface area contributed by atoms with Crippen molar-refractivity contribution in [2.45, 2.75) is 38.6 Å². The van der Waals surface area contributed by atoms with E-state index in [0.29, 0.717) is 29.4 Å². The number of carbonyl (C=O) groups is 1. The van der Waals surface area contributed by atoms with Crippen LogP contribution in [0, 0.1) is 0 Å². The van der Waals surface area contributed by atoms with Crippen molar-refractivity contribution in [3.8, 4) is 17.2 Å². The molecule has 1 heterocycles. The minimum absolute atomic E-state index is 0.0882. The molecule has 0 unspecified atom stereocenters. The lowest BCUT2D eigenvalue weighted by molar-refractivity contribution is -0.140. The van der Waals surface area contributed by atoms with E-state index in [2.05, 4.69) is 0 Å². The van der Waals surface area contributed by atoms with Gasteiger partial charge in [-0.2, -0.15) is 0 Å². The van der Waals surface area contributed by atoms with Gasteiger partial charge >= 0.3 is 5.97 Å². The van der Waals surface area contributed by atoms with Gasteiger partial charge in [-0.1, -0.05) is 6.92 Å². The summed E-state index contributed by atoms with van der Waals surface area (Å²) in [6.07, 6.45) is -0.301. The van der Waals surface area contributed by atoms with Crippen molar-refractivity contribution in [1.82, 2.24) is 0 Å². The van der Waals surface area contributed by atoms with Gasteiger partial charge in [0.1, 0.15) is 0 Å². The van der Waals surface area contributed by atoms with Crippen LogP contribution >= 0.6 is 0 Å². The van der Waals surface area contributed by atoms with Crippen LogP contribution in [0.3, 0.4) is 0 Å². The molecule has 7 heteroatoms. The summed E-state index contributed by atoms with van der Waals surface area (Å²) in [5.41, 5.74) is 0.583. The minimum atomic E-state index is -1.07. The molecule has 7 nitrogen and oxygen atoms in total. The second kappa shape index (κ2) is 6.86. The van der Waals surface area contributed by atoms with Crippen molar-refractivity contribution in [3.05, 3.63) is 17.2 Å². The van der Waals surface area contributed by atoms with E-state index in [-0.39, 0.29) is 17.6 Å². The van der Waals surface area contributed by atoms with Crippen molar-refractivity contribution in [3.63, 3.8) is 0 Å². The van der Waals surface area contributed by atoms with E-state index < -0.39 is 11.8 Å². The van der Waals surface area contributed by atoms with E-state index in [4.69, 9.17) is 23.7 Å². The molecule has 0 spiro atoms. The number of benzene rings is 1. The van der Waals surface area contributed by atoms with E-state index in [1.807, 2.05) is 20.8 Å². The third-order valence-electron chi connectivity index (χ3n) is 4.14. The summed E-state index contributed by atoms with van der Waals surface area (Å²) < 4.78 is 27.6. The molecule has 1 N–H and O–H groups in total. The average Bonchev–Trinajstić information content (AvgIpc) is 2.91. The number of carboxylic acids is 1. The second-order valence-corrected chi connectivity index (χ2v) is 6.07. The first kappa shape index (κ1) is 18.4. The summed E-state index contributed by atoms with van der Waals surface area (Å²) >= 11 is 0. The highest BCUT2D eigenvalue weighted by Crippen LogP contribution is 2.47. The minimum Gasteiger partial charge on any atom is -0.493 e. The van der Waals surface area contributed by atoms with Crippen LogP contribution in [0.5, 0.6) is 17.2 Å². The normalized spacial score (nSPS) is 20.5. The van der Waals surface area contributed by atoms with Crippen LogP contribution in [-0.4, -0.2) is 50.9 Å². The highest BCUT2D eigenvalue weighted by atomic mass is 16.7. The van der Waals surface area contributed by atoms with Crippen LogP contribution in [0.1, 0.15) is 42.6 Å². The summed E-state index contributed by atoms with van der Waals surface area (Å²) in [4.78, 5) is 11.8. The van der Waals surface area contributed by atoms with Crippen LogP contribution in [0.4, 0.5) is 0 Å². The molecule has 24 heavy (non-hydrogen) atoms. The zero-order valence-corrected chi connectivity index (χ0v) is 14.8. The van der Waals surface area contributed by atoms with Crippen molar-refractivity contribution in [2.75, 3.05) is 27.9 Å². The molecule has 1 aliphatic heterocycles. The number of methoxy groups -OCH3 is 3. The Balaban J connectivity index is 2.60. The zero-order valence-electron chi connectivity index (χ0n) is 14.8. The summed E-state index contributed by atoms with van der Waals surface area (Å²) in [5.74, 6) is -1.08. The van der Waals surface area contributed by atoms with Crippen LogP contribution in [0.2, 0.25) is 0 Å². The molecule has 2 atom stereocenters. The SMILES string of the molecule is COc1cc(C(=O)O)c([C@@H](C)[C@H]2COC(C)(C)O2)c(OC)c1OC. The Kier molecular flexibility index (Phi) is 5.25. The van der Waals surface area contributed by atoms with E-state index in [9.17, 15) is 9.90 Å². The van der Waals surface area contributed by atoms with Gasteiger partial charge in [-0.05, 0) is 19.9 Å². The van der Waals surface area contributed by atoms with E-state index in [0.717, 1.165) is 0 Å². The van der Waals surface area contributed by atoms with Crippen molar-refractivity contribution < 1.29 is 33.6 Å². The van der Waals surface area contributed by atoms with Crippen molar-refractivity contribution >= 4 is 5.97 Å². The number of hydrogen-bond donors (Lipinski definition) is 1. The first-order chi connectivity index (χ1) is 11.3. The third-order valence-corrected chi connectivity index (χ3v) is 4.14. The van der Waals surface area contributed by atoms with Gasteiger partial charge in [-0.3, -0.25) is 0 Å². The standard InChI is InChI=1S/C17H24O7/c1-9(12-8-23-17(2,3)24-12)13-10(16(18)19)7-11(20-4)14(21-5)15(13)22-6/h7,9,12H,8H2,1-6H3,(H,18,19)/t9-,12+/m0/s1. The summed E-state index contributed by atoms with van der Waals surface area (Å²) in [6.45, 7) is 5.89. The quantitative estimate of drug-likeness (QED) is 0.852. The van der Waals surface area contributed by atoms with Crippen LogP contribution in [0.15, 0.2) is 6.07 Å². The molecule has 1 aromatic rings. The molecule has 0 saturated carbocycles. The lowest BCUT2D eigenvalue weighted by Gasteiger charge is -2.26. The highest BCUT2D eigenvalue weighted by Gasteiger charge is 2.39. The molecule has 1 aromatic carbocycles. The predicted octanol–water partition coefficient (Wildman–Crippen LogP) is 2.67. The molecule has 0 radical (unpaired) electrons. The molecule has 134 valence electrons. The maximum atomic E-state index is 11.8. The van der Waals surface area contributed by atoms with E-state index in [1.165, 1.54) is 27.4 Å². The van der Waals surface area contributed by atoms with Crippen LogP contribution in [0.25, 0.3) is 0 Å². The fraction of sp³-hybridized carbons (Fsp3) is 0.588. The summed E-state index contributed by atoms with van der Waals surface area (Å²) in [7, 11) is 4.39. The molecular formula is C17H24O7. The number of rotatable bonds is 6. The van der Waals surface area contributed by atoms with Gasteiger partial charge in [0.25, 0.3) is 0 Å². The number of carboxylic acid groups (broad SMARTS) is 1. The first-order valence-electron chi connectivity index (χ1n) is 7.63. The molecule has 1 saturated heterocycles. The molecule has 1 aliphatic rings. The van der Waals surface area contributed by atoms with Crippen molar-refractivity contribution in [2.24, 2.45) is 0 Å². The molecule has 2 rings (SSSR count). The molecule has 0 amide bonds. The number of ether oxygens (including phenoxy) is 5. The van der Waals surface area contributed by atoms with E-state index >= 15 is 0 Å². The highest BCUT2D eigenvalue weighted by molar-refractivity contribution is 5.92. The van der Waals surface area contributed by atoms with Crippen LogP contribution < -0.4 is 14.2 Å². The van der Waals surface area contributed by atoms with Gasteiger partial charge in [-0.25, -0.2) is 4.79 Å². The van der Waals surface area contributed by atoms with Crippen LogP contribution in [-0.2, 0) is 9.47 Å². The Bertz CT molecular complexity index is 624. The molecule has 0 bridgehead atoms. The second-order valence-electron chi connectivity index (χ2n) is 6.07. The lowest BCUT2D eigenvalue weighted by Crippen LogP contribution is -2.25. The maximum absolute atomic E-state index is 11.8. The van der Waals surface area contributed by atoms with E-state index in [1.54, 1.807) is 0 Å². The van der Waals surface area contributed by atoms with Gasteiger partial charge in [-0.15, -0.1) is 0 Å². The Morgan fingerprint density at radius 1 is 1.25 bits per heavy atom. The number of hydrogen-bond acceptors (Lipinski definition) is 6. The maximum Gasteiger partial charge on any atom is 0.336 e. The lowest BCUT2D eigenvalue weighted by atomic mass is 9.89. The van der Waals surface area contributed by atoms with Gasteiger partial charge in [0.15, 0.2) is 17.3 Å². The van der Waals surface area contributed by atoms with Gasteiger partial charge in [0.05, 0.1) is 39.6 Å². The smallest absolute Gasteiger partial charge is 0.336 e. The van der Waals surface area contributed by atoms with Gasteiger partial charge in [0.2, 0.25) is 5.75 Å². The summed E-state index contributed by atoms with van der Waals surface area (Å²) in [6, 6.07) is 1.44. The largest absolute Gasteiger partial charge is 0.493 e. The fourth-order valence-electron chi connectivity index (χ4n) is 2.96. The Morgan fingerprint density at radius 2 is 1.88 bits per heavy atom. The van der Waals surface area contributed by atoms with Gasteiger partial charge < -0.3 is 28.8 Å². The predicted molar refractivity (Wildman–Crippen MR) is 86.4 cm³/mol. The molecule has 1 fully saturated rings.